The quantitative estimate of drug-likeness (QED) is 0.783. The van der Waals surface area contributed by atoms with Gasteiger partial charge in [0, 0.05) is 12.7 Å². The Balaban J connectivity index is 2.72. The van der Waals surface area contributed by atoms with Crippen molar-refractivity contribution in [1.82, 2.24) is 4.98 Å². The third-order valence-corrected chi connectivity index (χ3v) is 3.03. The zero-order valence-corrected chi connectivity index (χ0v) is 11.7. The smallest absolute Gasteiger partial charge is 0.168 e. The zero-order chi connectivity index (χ0) is 13.6. The van der Waals surface area contributed by atoms with E-state index in [1.54, 1.807) is 6.20 Å². The van der Waals surface area contributed by atoms with Gasteiger partial charge in [0.2, 0.25) is 0 Å². The Bertz CT molecular complexity index is 363. The van der Waals surface area contributed by atoms with Crippen molar-refractivity contribution in [2.45, 2.75) is 52.2 Å². The number of nitrogens with one attached hydrogen (secondary N) is 1. The summed E-state index contributed by atoms with van der Waals surface area (Å²) in [6.45, 7) is 8.39. The Kier molecular flexibility index (Phi) is 5.41. The van der Waals surface area contributed by atoms with E-state index in [-0.39, 0.29) is 6.10 Å². The van der Waals surface area contributed by atoms with Crippen LogP contribution in [0.3, 0.4) is 0 Å². The van der Waals surface area contributed by atoms with E-state index in [0.717, 1.165) is 5.75 Å². The number of pyridine rings is 1. The highest BCUT2D eigenvalue weighted by molar-refractivity contribution is 5.49. The second-order valence-corrected chi connectivity index (χ2v) is 4.80. The lowest BCUT2D eigenvalue weighted by Gasteiger charge is -2.26. The predicted octanol–water partition coefficient (Wildman–Crippen LogP) is 2.83. The van der Waals surface area contributed by atoms with E-state index < -0.39 is 5.60 Å². The molecule has 0 saturated heterocycles. The van der Waals surface area contributed by atoms with Gasteiger partial charge in [-0.3, -0.25) is 0 Å². The first kappa shape index (κ1) is 14.8. The Morgan fingerprint density at radius 2 is 2.06 bits per heavy atom. The van der Waals surface area contributed by atoms with Gasteiger partial charge in [0.25, 0.3) is 0 Å². The largest absolute Gasteiger partial charge is 0.487 e. The molecular weight excluding hydrogens is 228 g/mol. The van der Waals surface area contributed by atoms with Crippen LogP contribution in [0.15, 0.2) is 18.3 Å². The summed E-state index contributed by atoms with van der Waals surface area (Å²) >= 11 is 0. The molecule has 1 aromatic rings. The van der Waals surface area contributed by atoms with Gasteiger partial charge in [-0.25, -0.2) is 4.98 Å². The van der Waals surface area contributed by atoms with Gasteiger partial charge in [0.05, 0.1) is 11.7 Å². The van der Waals surface area contributed by atoms with Crippen LogP contribution in [0.2, 0.25) is 0 Å². The molecule has 0 bridgehead atoms. The topological polar surface area (TPSA) is 54.4 Å². The van der Waals surface area contributed by atoms with Crippen LogP contribution < -0.4 is 10.1 Å². The maximum Gasteiger partial charge on any atom is 0.168 e. The third kappa shape index (κ3) is 4.18. The lowest BCUT2D eigenvalue weighted by atomic mass is 9.98. The number of aromatic nitrogens is 1. The summed E-state index contributed by atoms with van der Waals surface area (Å²) in [6, 6.07) is 3.72. The lowest BCUT2D eigenvalue weighted by Crippen LogP contribution is -2.35. The van der Waals surface area contributed by atoms with Crippen molar-refractivity contribution in [3.05, 3.63) is 18.3 Å². The van der Waals surface area contributed by atoms with Crippen molar-refractivity contribution in [3.63, 3.8) is 0 Å². The number of hydrogen-bond acceptors (Lipinski definition) is 4. The summed E-state index contributed by atoms with van der Waals surface area (Å²) < 4.78 is 5.67. The van der Waals surface area contributed by atoms with Gasteiger partial charge in [-0.1, -0.05) is 13.8 Å². The van der Waals surface area contributed by atoms with Crippen LogP contribution in [0, 0.1) is 0 Å². The van der Waals surface area contributed by atoms with E-state index in [4.69, 9.17) is 4.74 Å². The zero-order valence-electron chi connectivity index (χ0n) is 11.7. The molecule has 2 N–H and O–H groups in total. The number of nitrogens with zero attached hydrogens (tertiary/aromatic N) is 1. The average molecular weight is 252 g/mol. The van der Waals surface area contributed by atoms with Crippen molar-refractivity contribution >= 4 is 5.82 Å². The Labute approximate surface area is 109 Å². The summed E-state index contributed by atoms with van der Waals surface area (Å²) in [5.41, 5.74) is -0.688. The normalized spacial score (nSPS) is 11.7. The van der Waals surface area contributed by atoms with E-state index in [1.807, 2.05) is 39.8 Å². The molecule has 4 nitrogen and oxygen atoms in total. The fourth-order valence-electron chi connectivity index (χ4n) is 1.62. The van der Waals surface area contributed by atoms with Crippen molar-refractivity contribution < 1.29 is 9.84 Å². The molecule has 18 heavy (non-hydrogen) atoms. The first-order valence-corrected chi connectivity index (χ1v) is 6.58. The summed E-state index contributed by atoms with van der Waals surface area (Å²) in [4.78, 5) is 4.26. The van der Waals surface area contributed by atoms with Gasteiger partial charge in [-0.05, 0) is 38.8 Å². The second-order valence-electron chi connectivity index (χ2n) is 4.80. The SMILES string of the molecule is CCC(O)(CC)CNc1ncccc1OC(C)C. The first-order chi connectivity index (χ1) is 8.50. The Morgan fingerprint density at radius 3 is 2.61 bits per heavy atom. The monoisotopic (exact) mass is 252 g/mol. The minimum absolute atomic E-state index is 0.103. The molecule has 0 saturated carbocycles. The maximum absolute atomic E-state index is 10.2. The van der Waals surface area contributed by atoms with Gasteiger partial charge in [-0.2, -0.15) is 0 Å². The number of rotatable bonds is 7. The van der Waals surface area contributed by atoms with Gasteiger partial charge < -0.3 is 15.2 Å². The van der Waals surface area contributed by atoms with Crippen LogP contribution in [0.1, 0.15) is 40.5 Å². The van der Waals surface area contributed by atoms with Gasteiger partial charge in [0.15, 0.2) is 11.6 Å². The van der Waals surface area contributed by atoms with E-state index in [2.05, 4.69) is 10.3 Å². The van der Waals surface area contributed by atoms with Crippen LogP contribution in [0.25, 0.3) is 0 Å². The molecule has 1 rings (SSSR count). The van der Waals surface area contributed by atoms with E-state index in [0.29, 0.717) is 25.2 Å². The Morgan fingerprint density at radius 1 is 1.39 bits per heavy atom. The van der Waals surface area contributed by atoms with E-state index in [1.165, 1.54) is 0 Å². The fourth-order valence-corrected chi connectivity index (χ4v) is 1.62. The number of ether oxygens (including phenoxy) is 1. The molecule has 0 radical (unpaired) electrons. The molecule has 0 aromatic carbocycles. The maximum atomic E-state index is 10.2. The van der Waals surface area contributed by atoms with Crippen molar-refractivity contribution in [2.24, 2.45) is 0 Å². The van der Waals surface area contributed by atoms with Crippen molar-refractivity contribution in [2.75, 3.05) is 11.9 Å². The van der Waals surface area contributed by atoms with E-state index in [9.17, 15) is 5.11 Å². The molecular formula is C14H24N2O2. The van der Waals surface area contributed by atoms with Crippen LogP contribution in [0.4, 0.5) is 5.82 Å². The molecule has 4 heteroatoms. The first-order valence-electron chi connectivity index (χ1n) is 6.58. The summed E-state index contributed by atoms with van der Waals surface area (Å²) in [6.07, 6.45) is 3.24. The number of hydrogen-bond donors (Lipinski definition) is 2. The molecule has 0 spiro atoms. The van der Waals surface area contributed by atoms with Crippen molar-refractivity contribution in [3.8, 4) is 5.75 Å². The van der Waals surface area contributed by atoms with Crippen LogP contribution in [-0.2, 0) is 0 Å². The van der Waals surface area contributed by atoms with Gasteiger partial charge in [0.1, 0.15) is 0 Å². The number of anilines is 1. The van der Waals surface area contributed by atoms with Crippen LogP contribution in [-0.4, -0.2) is 28.3 Å². The van der Waals surface area contributed by atoms with Gasteiger partial charge >= 0.3 is 0 Å². The minimum atomic E-state index is -0.688. The molecule has 1 heterocycles. The molecule has 0 aliphatic carbocycles. The second kappa shape index (κ2) is 6.59. The molecule has 0 atom stereocenters. The standard InChI is InChI=1S/C14H24N2O2/c1-5-14(17,6-2)10-16-13-12(18-11(3)4)8-7-9-15-13/h7-9,11,17H,5-6,10H2,1-4H3,(H,15,16). The molecule has 0 fully saturated rings. The predicted molar refractivity (Wildman–Crippen MR) is 74.0 cm³/mol. The lowest BCUT2D eigenvalue weighted by molar-refractivity contribution is 0.0455. The molecule has 102 valence electrons. The minimum Gasteiger partial charge on any atom is -0.487 e. The van der Waals surface area contributed by atoms with E-state index >= 15 is 0 Å². The molecule has 0 aliphatic rings. The molecule has 0 aliphatic heterocycles. The average Bonchev–Trinajstić information content (AvgIpc) is 2.37. The highest BCUT2D eigenvalue weighted by Gasteiger charge is 2.22. The fraction of sp³-hybridized carbons (Fsp3) is 0.643. The van der Waals surface area contributed by atoms with Crippen LogP contribution >= 0.6 is 0 Å². The summed E-state index contributed by atoms with van der Waals surface area (Å²) in [5.74, 6) is 1.41. The van der Waals surface area contributed by atoms with Crippen molar-refractivity contribution in [1.29, 1.82) is 0 Å². The summed E-state index contributed by atoms with van der Waals surface area (Å²) in [7, 11) is 0. The number of aliphatic hydroxyl groups is 1. The highest BCUT2D eigenvalue weighted by Crippen LogP contribution is 2.24. The van der Waals surface area contributed by atoms with Gasteiger partial charge in [-0.15, -0.1) is 0 Å². The molecule has 1 aromatic heterocycles. The van der Waals surface area contributed by atoms with Crippen LogP contribution in [0.5, 0.6) is 5.75 Å². The summed E-state index contributed by atoms with van der Waals surface area (Å²) in [5, 5.41) is 13.4. The molecule has 0 unspecified atom stereocenters. The Hall–Kier alpha value is -1.29. The molecule has 0 amide bonds. The third-order valence-electron chi connectivity index (χ3n) is 3.03. The highest BCUT2D eigenvalue weighted by atomic mass is 16.5.